The number of nitrogens with one attached hydrogen (secondary N) is 1. The maximum absolute atomic E-state index is 14.6. The van der Waals surface area contributed by atoms with Crippen LogP contribution in [0.3, 0.4) is 0 Å². The van der Waals surface area contributed by atoms with Crippen molar-refractivity contribution in [2.45, 2.75) is 17.2 Å². The van der Waals surface area contributed by atoms with Crippen LogP contribution in [0.4, 0.5) is 22.0 Å². The largest absolute Gasteiger partial charge is 0.494 e. The highest BCUT2D eigenvalue weighted by atomic mass is 19.4. The van der Waals surface area contributed by atoms with Crippen molar-refractivity contribution in [1.82, 2.24) is 15.3 Å². The van der Waals surface area contributed by atoms with Gasteiger partial charge in [-0.3, -0.25) is 9.78 Å². The first-order valence-electron chi connectivity index (χ1n) is 12.8. The third-order valence-corrected chi connectivity index (χ3v) is 7.27. The van der Waals surface area contributed by atoms with Crippen LogP contribution in [0.2, 0.25) is 0 Å². The lowest BCUT2D eigenvalue weighted by atomic mass is 9.83. The number of halogens is 5. The van der Waals surface area contributed by atoms with Crippen LogP contribution in [-0.2, 0) is 11.0 Å². The molecule has 1 unspecified atom stereocenters. The van der Waals surface area contributed by atoms with Crippen LogP contribution < -0.4 is 14.8 Å². The Hall–Kier alpha value is -5.34. The second kappa shape index (κ2) is 11.1. The van der Waals surface area contributed by atoms with Crippen molar-refractivity contribution >= 4 is 16.8 Å². The topological polar surface area (TPSA) is 141 Å². The zero-order valence-corrected chi connectivity index (χ0v) is 22.7. The maximum Gasteiger partial charge on any atom is 0.424 e. The second-order valence-corrected chi connectivity index (χ2v) is 9.98. The number of fused-ring (bicyclic) bond motifs is 2. The summed E-state index contributed by atoms with van der Waals surface area (Å²) < 4.78 is 82.5. The van der Waals surface area contributed by atoms with E-state index in [1.54, 1.807) is 6.07 Å². The van der Waals surface area contributed by atoms with E-state index < -0.39 is 54.4 Å². The van der Waals surface area contributed by atoms with Crippen molar-refractivity contribution < 1.29 is 41.3 Å². The molecule has 0 fully saturated rings. The average Bonchev–Trinajstić information content (AvgIpc) is 3.41. The third-order valence-electron chi connectivity index (χ3n) is 7.27. The smallest absolute Gasteiger partial charge is 0.424 e. The number of ether oxygens (including phenoxy) is 2. The van der Waals surface area contributed by atoms with Gasteiger partial charge in [0, 0.05) is 28.3 Å². The summed E-state index contributed by atoms with van der Waals surface area (Å²) in [6.07, 6.45) is -4.16. The van der Waals surface area contributed by atoms with Crippen molar-refractivity contribution in [2.24, 2.45) is 0 Å². The minimum Gasteiger partial charge on any atom is -0.494 e. The second-order valence-electron chi connectivity index (χ2n) is 9.98. The molecular weight excluding hydrogens is 589 g/mol. The Morgan fingerprint density at radius 2 is 1.91 bits per heavy atom. The molecular formula is C30H20F5N5O4. The van der Waals surface area contributed by atoms with E-state index in [1.165, 1.54) is 43.6 Å². The van der Waals surface area contributed by atoms with Crippen molar-refractivity contribution in [3.63, 3.8) is 0 Å². The van der Waals surface area contributed by atoms with Gasteiger partial charge < -0.3 is 19.9 Å². The average molecular weight is 610 g/mol. The summed E-state index contributed by atoms with van der Waals surface area (Å²) >= 11 is 0. The number of alkyl halides is 4. The van der Waals surface area contributed by atoms with Crippen LogP contribution in [0, 0.1) is 28.5 Å². The van der Waals surface area contributed by atoms with E-state index in [-0.39, 0.29) is 39.4 Å². The Kier molecular flexibility index (Phi) is 7.57. The van der Waals surface area contributed by atoms with Crippen molar-refractivity contribution in [1.29, 1.82) is 10.5 Å². The molecule has 2 aromatic carbocycles. The Labute approximate surface area is 246 Å². The fourth-order valence-electron chi connectivity index (χ4n) is 4.77. The van der Waals surface area contributed by atoms with Crippen molar-refractivity contribution in [2.75, 3.05) is 26.9 Å². The van der Waals surface area contributed by atoms with E-state index in [9.17, 15) is 42.4 Å². The number of carbonyl (C=O) groups excluding carboxylic acids is 1. The summed E-state index contributed by atoms with van der Waals surface area (Å²) in [4.78, 5) is 21.2. The number of nitrogens with zero attached hydrogens (tertiary/aromatic N) is 4. The first kappa shape index (κ1) is 30.1. The molecule has 44 heavy (non-hydrogen) atoms. The predicted molar refractivity (Wildman–Crippen MR) is 144 cm³/mol. The van der Waals surface area contributed by atoms with Crippen molar-refractivity contribution in [3.05, 3.63) is 82.9 Å². The number of hydrogen-bond acceptors (Lipinski definition) is 8. The molecule has 0 saturated carbocycles. The zero-order chi connectivity index (χ0) is 31.9. The van der Waals surface area contributed by atoms with Gasteiger partial charge >= 0.3 is 6.18 Å². The van der Waals surface area contributed by atoms with Gasteiger partial charge in [-0.1, -0.05) is 0 Å². The number of carbonyl (C=O) groups is 1. The number of methoxy groups -OCH3 is 1. The molecule has 0 saturated heterocycles. The lowest BCUT2D eigenvalue weighted by molar-refractivity contribution is -0.265. The molecule has 2 N–H and O–H groups in total. The zero-order valence-electron chi connectivity index (χ0n) is 22.7. The van der Waals surface area contributed by atoms with E-state index in [1.807, 2.05) is 6.07 Å². The number of rotatable bonds is 7. The van der Waals surface area contributed by atoms with Crippen LogP contribution in [0.5, 0.6) is 11.5 Å². The fraction of sp³-hybridized carbons (Fsp3) is 0.233. The van der Waals surface area contributed by atoms with E-state index in [4.69, 9.17) is 9.47 Å². The molecule has 0 bridgehead atoms. The van der Waals surface area contributed by atoms with Crippen LogP contribution >= 0.6 is 0 Å². The first-order chi connectivity index (χ1) is 20.9. The summed E-state index contributed by atoms with van der Waals surface area (Å²) in [5, 5.41) is 32.5. The van der Waals surface area contributed by atoms with Gasteiger partial charge in [0.2, 0.25) is 5.60 Å². The molecule has 0 radical (unpaired) electrons. The molecule has 224 valence electrons. The number of aromatic nitrogens is 2. The normalized spacial score (nSPS) is 17.1. The minimum absolute atomic E-state index is 0.0688. The number of pyridine rings is 2. The molecule has 14 heteroatoms. The molecule has 4 aromatic rings. The number of hydrogen-bond donors (Lipinski definition) is 2. The molecule has 0 aliphatic carbocycles. The number of aliphatic hydroxyl groups is 1. The third kappa shape index (κ3) is 4.99. The molecule has 2 aromatic heterocycles. The molecule has 1 aliphatic rings. The number of amides is 1. The van der Waals surface area contributed by atoms with Gasteiger partial charge in [-0.2, -0.15) is 23.7 Å². The lowest BCUT2D eigenvalue weighted by Gasteiger charge is -2.31. The summed E-state index contributed by atoms with van der Waals surface area (Å²) in [5.74, 6) is -1.79. The Morgan fingerprint density at radius 3 is 2.52 bits per heavy atom. The van der Waals surface area contributed by atoms with Gasteiger partial charge in [-0.15, -0.1) is 0 Å². The van der Waals surface area contributed by atoms with E-state index >= 15 is 0 Å². The minimum atomic E-state index is -5.45. The van der Waals surface area contributed by atoms with Crippen LogP contribution in [-0.4, -0.2) is 54.1 Å². The van der Waals surface area contributed by atoms with E-state index in [2.05, 4.69) is 15.3 Å². The quantitative estimate of drug-likeness (QED) is 0.289. The predicted octanol–water partition coefficient (Wildman–Crippen LogP) is 4.62. The standard InChI is InChI=1S/C30H20F5N5O4/c1-43-22-8-19(7-18-6-16(10-36)11-38-24(18)22)27(41)39-14-29(42,30(33,34)35)23-9-21-26(44-15-28(21,12-31)13-37)25(40-23)17-2-4-20(32)5-3-17/h2-9,11,42H,12,14-15H2,1H3,(H,39,41)/t28-,29?/m0/s1. The van der Waals surface area contributed by atoms with Gasteiger partial charge in [-0.05, 0) is 48.5 Å². The molecule has 9 nitrogen and oxygen atoms in total. The van der Waals surface area contributed by atoms with Gasteiger partial charge in [0.1, 0.15) is 47.5 Å². The molecule has 1 amide bonds. The summed E-state index contributed by atoms with van der Waals surface area (Å²) in [5.41, 5.74) is -7.13. The Balaban J connectivity index is 1.59. The van der Waals surface area contributed by atoms with Gasteiger partial charge in [0.15, 0.2) is 5.75 Å². The van der Waals surface area contributed by atoms with Crippen LogP contribution in [0.1, 0.15) is 27.2 Å². The Bertz CT molecular complexity index is 1870. The summed E-state index contributed by atoms with van der Waals surface area (Å²) in [6.45, 7) is -3.31. The fourth-order valence-corrected chi connectivity index (χ4v) is 4.77. The maximum atomic E-state index is 14.6. The van der Waals surface area contributed by atoms with Gasteiger partial charge in [-0.25, -0.2) is 13.8 Å². The lowest BCUT2D eigenvalue weighted by Crippen LogP contribution is -2.51. The highest BCUT2D eigenvalue weighted by molar-refractivity contribution is 6.00. The molecule has 5 rings (SSSR count). The van der Waals surface area contributed by atoms with Crippen LogP contribution in [0.15, 0.2) is 54.7 Å². The Morgan fingerprint density at radius 1 is 1.18 bits per heavy atom. The summed E-state index contributed by atoms with van der Waals surface area (Å²) in [6, 6.07) is 12.7. The highest BCUT2D eigenvalue weighted by Crippen LogP contribution is 2.48. The van der Waals surface area contributed by atoms with Crippen molar-refractivity contribution in [3.8, 4) is 34.9 Å². The first-order valence-corrected chi connectivity index (χ1v) is 12.8. The SMILES string of the molecule is COc1cc(C(=O)NCC(O)(c2cc3c(c(-c4ccc(F)cc4)n2)OC[C@@]3(C#N)CF)C(F)(F)F)cc2cc(C#N)cnc12. The monoisotopic (exact) mass is 609 g/mol. The van der Waals surface area contributed by atoms with Crippen LogP contribution in [0.25, 0.3) is 22.2 Å². The summed E-state index contributed by atoms with van der Waals surface area (Å²) in [7, 11) is 1.29. The highest BCUT2D eigenvalue weighted by Gasteiger charge is 2.57. The van der Waals surface area contributed by atoms with Gasteiger partial charge in [0.05, 0.1) is 31.0 Å². The van der Waals surface area contributed by atoms with Gasteiger partial charge in [0.25, 0.3) is 5.91 Å². The molecule has 1 aliphatic heterocycles. The van der Waals surface area contributed by atoms with E-state index in [0.29, 0.717) is 10.9 Å². The molecule has 2 atom stereocenters. The molecule has 3 heterocycles. The number of nitriles is 2. The molecule has 0 spiro atoms. The number of benzene rings is 2. The van der Waals surface area contributed by atoms with E-state index in [0.717, 1.165) is 18.2 Å².